The van der Waals surface area contributed by atoms with Crippen LogP contribution in [0.1, 0.15) is 19.8 Å². The van der Waals surface area contributed by atoms with Crippen LogP contribution in [0.5, 0.6) is 0 Å². The molecular weight excluding hydrogens is 100 g/mol. The average Bonchev–Trinajstić information content (AvgIpc) is 1.77. The minimum Gasteiger partial charge on any atom is -0.326 e. The highest BCUT2D eigenvalue weighted by atomic mass is 15.0. The lowest BCUT2D eigenvalue weighted by molar-refractivity contribution is 0.371. The highest BCUT2D eigenvalue weighted by molar-refractivity contribution is 4.79. The Morgan fingerprint density at radius 3 is 2.75 bits per heavy atom. The third kappa shape index (κ3) is 1.20. The second kappa shape index (κ2) is 2.46. The summed E-state index contributed by atoms with van der Waals surface area (Å²) in [5, 5.41) is 3.31. The molecule has 0 saturated carbocycles. The normalized spacial score (nSPS) is 39.8. The van der Waals surface area contributed by atoms with Gasteiger partial charge in [0.25, 0.3) is 0 Å². The van der Waals surface area contributed by atoms with Crippen molar-refractivity contribution in [1.29, 1.82) is 0 Å². The molecule has 0 aliphatic carbocycles. The average molecular weight is 114 g/mol. The maximum absolute atomic E-state index is 5.72. The van der Waals surface area contributed by atoms with E-state index >= 15 is 0 Å². The van der Waals surface area contributed by atoms with E-state index in [9.17, 15) is 0 Å². The largest absolute Gasteiger partial charge is 0.326 e. The fourth-order valence-corrected chi connectivity index (χ4v) is 1.07. The Hall–Kier alpha value is -0.0800. The maximum atomic E-state index is 5.72. The summed E-state index contributed by atoms with van der Waals surface area (Å²) in [4.78, 5) is 0. The second-order valence-corrected chi connectivity index (χ2v) is 2.55. The molecule has 3 N–H and O–H groups in total. The van der Waals surface area contributed by atoms with Crippen LogP contribution in [0.15, 0.2) is 0 Å². The Labute approximate surface area is 50.4 Å². The quantitative estimate of drug-likeness (QED) is 0.468. The van der Waals surface area contributed by atoms with Crippen LogP contribution in [0.4, 0.5) is 0 Å². The highest BCUT2D eigenvalue weighted by Crippen LogP contribution is 2.03. The predicted molar refractivity (Wildman–Crippen MR) is 34.7 cm³/mol. The van der Waals surface area contributed by atoms with Crippen molar-refractivity contribution < 1.29 is 0 Å². The zero-order chi connectivity index (χ0) is 5.98. The zero-order valence-electron chi connectivity index (χ0n) is 5.35. The second-order valence-electron chi connectivity index (χ2n) is 2.55. The highest BCUT2D eigenvalue weighted by Gasteiger charge is 2.15. The van der Waals surface area contributed by atoms with Crippen LogP contribution in [0.2, 0.25) is 0 Å². The van der Waals surface area contributed by atoms with Gasteiger partial charge in [0.1, 0.15) is 0 Å². The number of hydrogen-bond acceptors (Lipinski definition) is 2. The molecule has 2 nitrogen and oxygen atoms in total. The Kier molecular flexibility index (Phi) is 1.86. The molecule has 0 amide bonds. The molecule has 0 aromatic rings. The molecular formula is C6H14N2. The molecule has 1 aliphatic rings. The standard InChI is InChI=1S/C6H14N2/c1-5-6(7)3-2-4-8-5/h5-6,8H,2-4,7H2,1H3/t5-,6?/m0/s1. The third-order valence-electron chi connectivity index (χ3n) is 1.82. The van der Waals surface area contributed by atoms with Crippen LogP contribution in [-0.2, 0) is 0 Å². The smallest absolute Gasteiger partial charge is 0.0192 e. The molecule has 1 heterocycles. The van der Waals surface area contributed by atoms with E-state index in [1.165, 1.54) is 12.8 Å². The summed E-state index contributed by atoms with van der Waals surface area (Å²) in [6, 6.07) is 0.924. The van der Waals surface area contributed by atoms with Gasteiger partial charge in [-0.05, 0) is 26.3 Å². The van der Waals surface area contributed by atoms with Crippen molar-refractivity contribution in [2.45, 2.75) is 31.8 Å². The van der Waals surface area contributed by atoms with Gasteiger partial charge in [0.2, 0.25) is 0 Å². The fraction of sp³-hybridized carbons (Fsp3) is 1.00. The molecule has 1 fully saturated rings. The van der Waals surface area contributed by atoms with Gasteiger partial charge >= 0.3 is 0 Å². The SMILES string of the molecule is C[C@@H]1NCCCC1N. The van der Waals surface area contributed by atoms with Crippen molar-refractivity contribution in [1.82, 2.24) is 5.32 Å². The van der Waals surface area contributed by atoms with Crippen molar-refractivity contribution >= 4 is 0 Å². The lowest BCUT2D eigenvalue weighted by Crippen LogP contribution is -2.47. The number of hydrogen-bond donors (Lipinski definition) is 2. The summed E-state index contributed by atoms with van der Waals surface area (Å²) in [6.07, 6.45) is 2.43. The number of nitrogens with one attached hydrogen (secondary N) is 1. The first-order valence-corrected chi connectivity index (χ1v) is 3.29. The Balaban J connectivity index is 2.28. The maximum Gasteiger partial charge on any atom is 0.0192 e. The van der Waals surface area contributed by atoms with Crippen LogP contribution in [0.25, 0.3) is 0 Å². The van der Waals surface area contributed by atoms with Gasteiger partial charge in [-0.1, -0.05) is 0 Å². The molecule has 2 atom stereocenters. The van der Waals surface area contributed by atoms with E-state index < -0.39 is 0 Å². The van der Waals surface area contributed by atoms with E-state index in [0.717, 1.165) is 6.54 Å². The van der Waals surface area contributed by atoms with Crippen LogP contribution in [0, 0.1) is 0 Å². The lowest BCUT2D eigenvalue weighted by atomic mass is 10.0. The number of piperidine rings is 1. The van der Waals surface area contributed by atoms with Gasteiger partial charge in [-0.2, -0.15) is 0 Å². The van der Waals surface area contributed by atoms with Crippen molar-refractivity contribution in [3.8, 4) is 0 Å². The summed E-state index contributed by atoms with van der Waals surface area (Å²) in [7, 11) is 0. The first kappa shape index (κ1) is 6.05. The van der Waals surface area contributed by atoms with Gasteiger partial charge in [0, 0.05) is 12.1 Å². The minimum atomic E-state index is 0.392. The molecule has 1 saturated heterocycles. The third-order valence-corrected chi connectivity index (χ3v) is 1.82. The molecule has 0 radical (unpaired) electrons. The predicted octanol–water partition coefficient (Wildman–Crippen LogP) is 0.0856. The lowest BCUT2D eigenvalue weighted by Gasteiger charge is -2.26. The van der Waals surface area contributed by atoms with E-state index in [1.54, 1.807) is 0 Å². The molecule has 1 unspecified atom stereocenters. The zero-order valence-corrected chi connectivity index (χ0v) is 5.35. The Bertz CT molecular complexity index is 62.9. The minimum absolute atomic E-state index is 0.392. The van der Waals surface area contributed by atoms with Crippen LogP contribution in [-0.4, -0.2) is 18.6 Å². The molecule has 0 aromatic heterocycles. The summed E-state index contributed by atoms with van der Waals surface area (Å²) < 4.78 is 0. The van der Waals surface area contributed by atoms with E-state index in [2.05, 4.69) is 12.2 Å². The first-order chi connectivity index (χ1) is 3.80. The van der Waals surface area contributed by atoms with E-state index in [0.29, 0.717) is 12.1 Å². The van der Waals surface area contributed by atoms with E-state index in [-0.39, 0.29) is 0 Å². The van der Waals surface area contributed by atoms with Crippen LogP contribution in [0.3, 0.4) is 0 Å². The molecule has 48 valence electrons. The molecule has 8 heavy (non-hydrogen) atoms. The van der Waals surface area contributed by atoms with Gasteiger partial charge in [0.15, 0.2) is 0 Å². The number of nitrogens with two attached hydrogens (primary N) is 1. The van der Waals surface area contributed by atoms with Gasteiger partial charge in [-0.15, -0.1) is 0 Å². The molecule has 2 heteroatoms. The van der Waals surface area contributed by atoms with Crippen molar-refractivity contribution in [2.75, 3.05) is 6.54 Å². The fourth-order valence-electron chi connectivity index (χ4n) is 1.07. The summed E-state index contributed by atoms with van der Waals surface area (Å²) in [5.74, 6) is 0. The van der Waals surface area contributed by atoms with Crippen LogP contribution >= 0.6 is 0 Å². The summed E-state index contributed by atoms with van der Waals surface area (Å²) in [5.41, 5.74) is 5.72. The molecule has 1 rings (SSSR count). The molecule has 1 aliphatic heterocycles. The first-order valence-electron chi connectivity index (χ1n) is 3.29. The Morgan fingerprint density at radius 2 is 2.38 bits per heavy atom. The topological polar surface area (TPSA) is 38.0 Å². The number of rotatable bonds is 0. The van der Waals surface area contributed by atoms with Crippen molar-refractivity contribution in [2.24, 2.45) is 5.73 Å². The molecule has 0 spiro atoms. The van der Waals surface area contributed by atoms with Gasteiger partial charge in [-0.3, -0.25) is 0 Å². The van der Waals surface area contributed by atoms with Crippen molar-refractivity contribution in [3.63, 3.8) is 0 Å². The summed E-state index contributed by atoms with van der Waals surface area (Å²) in [6.45, 7) is 3.29. The van der Waals surface area contributed by atoms with E-state index in [4.69, 9.17) is 5.73 Å². The van der Waals surface area contributed by atoms with Gasteiger partial charge in [0.05, 0.1) is 0 Å². The van der Waals surface area contributed by atoms with E-state index in [1.807, 2.05) is 0 Å². The summed E-state index contributed by atoms with van der Waals surface area (Å²) >= 11 is 0. The van der Waals surface area contributed by atoms with Crippen LogP contribution < -0.4 is 11.1 Å². The van der Waals surface area contributed by atoms with Gasteiger partial charge in [-0.25, -0.2) is 0 Å². The Morgan fingerprint density at radius 1 is 1.62 bits per heavy atom. The monoisotopic (exact) mass is 114 g/mol. The van der Waals surface area contributed by atoms with Gasteiger partial charge < -0.3 is 11.1 Å². The van der Waals surface area contributed by atoms with Crippen molar-refractivity contribution in [3.05, 3.63) is 0 Å². The molecule has 0 bridgehead atoms. The molecule has 0 aromatic carbocycles.